The van der Waals surface area contributed by atoms with Gasteiger partial charge in [-0.05, 0) is 0 Å². The molecular formula is C23H21N2PSe2. The molecule has 0 aromatic heterocycles. The third-order valence-corrected chi connectivity index (χ3v) is 15.7. The predicted molar refractivity (Wildman–Crippen MR) is 122 cm³/mol. The maximum absolute atomic E-state index is 5.25. The number of fused-ring (bicyclic) bond motifs is 1. The van der Waals surface area contributed by atoms with Crippen molar-refractivity contribution in [3.63, 3.8) is 0 Å². The van der Waals surface area contributed by atoms with Crippen molar-refractivity contribution in [3.8, 4) is 0 Å². The van der Waals surface area contributed by atoms with Crippen LogP contribution >= 0.6 is 5.66 Å². The van der Waals surface area contributed by atoms with Gasteiger partial charge in [-0.1, -0.05) is 0 Å². The number of hydrogen-bond donors (Lipinski definition) is 0. The van der Waals surface area contributed by atoms with Gasteiger partial charge in [0.2, 0.25) is 0 Å². The van der Waals surface area contributed by atoms with Gasteiger partial charge in [0.25, 0.3) is 0 Å². The average molecular weight is 514 g/mol. The van der Waals surface area contributed by atoms with Crippen LogP contribution in [-0.2, 0) is 0 Å². The van der Waals surface area contributed by atoms with Crippen molar-refractivity contribution in [1.29, 1.82) is 0 Å². The molecule has 3 aromatic rings. The van der Waals surface area contributed by atoms with E-state index >= 15 is 0 Å². The van der Waals surface area contributed by atoms with E-state index in [1.54, 1.807) is 0 Å². The van der Waals surface area contributed by atoms with E-state index in [1.807, 2.05) is 0 Å². The molecule has 3 aromatic carbocycles. The molecule has 5 rings (SSSR count). The summed E-state index contributed by atoms with van der Waals surface area (Å²) in [5.41, 5.74) is 2.80. The van der Waals surface area contributed by atoms with Crippen LogP contribution in [0.2, 0.25) is 0 Å². The van der Waals surface area contributed by atoms with Crippen molar-refractivity contribution in [3.05, 3.63) is 102 Å². The van der Waals surface area contributed by atoms with Crippen molar-refractivity contribution in [2.45, 2.75) is 23.9 Å². The Hall–Kier alpha value is -1.40. The molecule has 0 saturated carbocycles. The van der Waals surface area contributed by atoms with Gasteiger partial charge in [0.05, 0.1) is 0 Å². The maximum atomic E-state index is 5.25. The number of hydrazone groups is 1. The van der Waals surface area contributed by atoms with Crippen molar-refractivity contribution < 1.29 is 0 Å². The van der Waals surface area contributed by atoms with Crippen LogP contribution in [0, 0.1) is 6.92 Å². The molecule has 0 aliphatic carbocycles. The Morgan fingerprint density at radius 1 is 0.929 bits per heavy atom. The second-order valence-electron chi connectivity index (χ2n) is 7.28. The van der Waals surface area contributed by atoms with E-state index in [1.165, 1.54) is 33.0 Å². The fourth-order valence-electron chi connectivity index (χ4n) is 4.01. The van der Waals surface area contributed by atoms with Gasteiger partial charge in [-0.25, -0.2) is 0 Å². The molecule has 0 spiro atoms. The quantitative estimate of drug-likeness (QED) is 0.372. The van der Waals surface area contributed by atoms with Crippen molar-refractivity contribution in [2.24, 2.45) is 5.10 Å². The SMILES string of the molecule is Cc1ccc(C2=NN3[C@H](C[C@@H](c4ccccc4)[P@]3(=[Se])c3ccccc3)[Se]2)cc1. The fraction of sp³-hybridized carbons (Fsp3) is 0.174. The Kier molecular flexibility index (Phi) is 4.95. The van der Waals surface area contributed by atoms with Gasteiger partial charge >= 0.3 is 181 Å². The van der Waals surface area contributed by atoms with E-state index < -0.39 is 5.66 Å². The van der Waals surface area contributed by atoms with Crippen LogP contribution in [0.5, 0.6) is 0 Å². The summed E-state index contributed by atoms with van der Waals surface area (Å²) in [7, 11) is 0. The van der Waals surface area contributed by atoms with Gasteiger partial charge in [-0.15, -0.1) is 0 Å². The Morgan fingerprint density at radius 2 is 1.57 bits per heavy atom. The molecule has 0 unspecified atom stereocenters. The van der Waals surface area contributed by atoms with Crippen LogP contribution in [0.4, 0.5) is 0 Å². The standard InChI is InChI=1S/C23H21N2PSe2/c1-17-12-14-19(15-13-17)23-24-25-22(28-23)16-21(18-8-4-2-5-9-18)26(25,27)20-10-6-3-7-11-20/h2-15,21-22H,16H2,1H3/t21-,22-,26+/m0/s1. The zero-order valence-corrected chi connectivity index (χ0v) is 19.9. The van der Waals surface area contributed by atoms with Crippen LogP contribution in [0.15, 0.2) is 90.0 Å². The van der Waals surface area contributed by atoms with Crippen LogP contribution in [-0.4, -0.2) is 44.4 Å². The molecule has 140 valence electrons. The van der Waals surface area contributed by atoms with E-state index in [4.69, 9.17) is 5.10 Å². The Balaban J connectivity index is 1.60. The van der Waals surface area contributed by atoms with Gasteiger partial charge in [0.15, 0.2) is 0 Å². The molecule has 0 bridgehead atoms. The van der Waals surface area contributed by atoms with Gasteiger partial charge < -0.3 is 0 Å². The molecule has 1 fully saturated rings. The first-order valence-electron chi connectivity index (χ1n) is 9.48. The van der Waals surface area contributed by atoms with E-state index in [-0.39, 0.29) is 0 Å². The first-order valence-corrected chi connectivity index (χ1v) is 15.4. The van der Waals surface area contributed by atoms with E-state index in [0.717, 1.165) is 0 Å². The molecule has 2 heterocycles. The van der Waals surface area contributed by atoms with Gasteiger partial charge in [0, 0.05) is 0 Å². The first kappa shape index (κ1) is 18.6. The monoisotopic (exact) mass is 516 g/mol. The molecular weight excluding hydrogens is 493 g/mol. The van der Waals surface area contributed by atoms with Crippen LogP contribution < -0.4 is 5.30 Å². The fourth-order valence-corrected chi connectivity index (χ4v) is 15.1. The van der Waals surface area contributed by atoms with Gasteiger partial charge in [-0.2, -0.15) is 0 Å². The zero-order chi connectivity index (χ0) is 19.1. The minimum absolute atomic E-state index is 0.364. The molecule has 0 N–H and O–H groups in total. The van der Waals surface area contributed by atoms with Crippen molar-refractivity contribution in [2.75, 3.05) is 0 Å². The number of benzene rings is 3. The molecule has 28 heavy (non-hydrogen) atoms. The molecule has 0 radical (unpaired) electrons. The molecule has 5 heteroatoms. The molecule has 0 amide bonds. The first-order chi connectivity index (χ1) is 13.7. The Morgan fingerprint density at radius 3 is 2.25 bits per heavy atom. The number of aryl methyl sites for hydroxylation is 1. The summed E-state index contributed by atoms with van der Waals surface area (Å²) in [5, 5.41) is 6.66. The molecule has 2 nitrogen and oxygen atoms in total. The molecule has 2 aliphatic rings. The summed E-state index contributed by atoms with van der Waals surface area (Å²) < 4.78 is 3.79. The normalized spacial score (nSPS) is 26.2. The predicted octanol–water partition coefficient (Wildman–Crippen LogP) is 4.49. The summed E-state index contributed by atoms with van der Waals surface area (Å²) in [6.07, 6.45) is 1.18. The Labute approximate surface area is 180 Å². The summed E-state index contributed by atoms with van der Waals surface area (Å²) in [6.45, 7) is 2.14. The summed E-state index contributed by atoms with van der Waals surface area (Å²) >= 11 is 4.07. The Bertz CT molecular complexity index is 1060. The van der Waals surface area contributed by atoms with Crippen molar-refractivity contribution in [1.82, 2.24) is 4.78 Å². The summed E-state index contributed by atoms with van der Waals surface area (Å²) in [4.78, 5) is 0.531. The van der Waals surface area contributed by atoms with Crippen LogP contribution in [0.3, 0.4) is 0 Å². The van der Waals surface area contributed by atoms with E-state index in [9.17, 15) is 0 Å². The number of rotatable bonds is 3. The third kappa shape index (κ3) is 3.09. The molecule has 3 atom stereocenters. The minimum atomic E-state index is -1.74. The van der Waals surface area contributed by atoms with Crippen LogP contribution in [0.1, 0.15) is 28.8 Å². The van der Waals surface area contributed by atoms with E-state index in [2.05, 4.69) is 112 Å². The third-order valence-electron chi connectivity index (χ3n) is 5.46. The topological polar surface area (TPSA) is 15.6 Å². The summed E-state index contributed by atoms with van der Waals surface area (Å²) in [5.74, 6) is 0. The van der Waals surface area contributed by atoms with Crippen molar-refractivity contribution >= 4 is 45.6 Å². The van der Waals surface area contributed by atoms with Gasteiger partial charge in [0.1, 0.15) is 0 Å². The second-order valence-corrected chi connectivity index (χ2v) is 16.0. The second kappa shape index (κ2) is 7.45. The average Bonchev–Trinajstić information content (AvgIpc) is 3.28. The molecule has 2 aliphatic heterocycles. The number of nitrogens with zero attached hydrogens (tertiary/aromatic N) is 2. The molecule has 1 saturated heterocycles. The number of hydrogen-bond acceptors (Lipinski definition) is 2. The van der Waals surface area contributed by atoms with Gasteiger partial charge in [-0.3, -0.25) is 0 Å². The van der Waals surface area contributed by atoms with Crippen LogP contribution in [0.25, 0.3) is 0 Å². The van der Waals surface area contributed by atoms with E-state index in [0.29, 0.717) is 25.6 Å². The summed E-state index contributed by atoms with van der Waals surface area (Å²) in [6, 6.07) is 30.9. The zero-order valence-electron chi connectivity index (χ0n) is 15.6.